The molecule has 1 N–H and O–H groups in total. The normalized spacial score (nSPS) is 11.3. The highest BCUT2D eigenvalue weighted by Gasteiger charge is 2.08. The Kier molecular flexibility index (Phi) is 6.35. The number of hydrazone groups is 1. The molecule has 0 saturated carbocycles. The minimum Gasteiger partial charge on any atom is -0.488 e. The molecule has 0 saturated heterocycles. The minimum atomic E-state index is 0.403. The number of halogens is 2. The van der Waals surface area contributed by atoms with Gasteiger partial charge < -0.3 is 9.30 Å². The van der Waals surface area contributed by atoms with Crippen molar-refractivity contribution in [3.05, 3.63) is 87.4 Å². The van der Waals surface area contributed by atoms with Gasteiger partial charge in [-0.2, -0.15) is 5.10 Å². The Labute approximate surface area is 188 Å². The molecule has 4 rings (SSSR count). The molecular weight excluding hydrogens is 464 g/mol. The first-order chi connectivity index (χ1) is 14.7. The fourth-order valence-electron chi connectivity index (χ4n) is 3.13. The maximum atomic E-state index is 6.19. The third-order valence-corrected chi connectivity index (χ3v) is 5.63. The van der Waals surface area contributed by atoms with Crippen molar-refractivity contribution in [3.63, 3.8) is 0 Å². The van der Waals surface area contributed by atoms with Crippen molar-refractivity contribution >= 4 is 50.7 Å². The van der Waals surface area contributed by atoms with E-state index in [-0.39, 0.29) is 0 Å². The summed E-state index contributed by atoms with van der Waals surface area (Å²) in [5.41, 5.74) is 6.95. The maximum absolute atomic E-state index is 6.19. The zero-order chi connectivity index (χ0) is 20.9. The quantitative estimate of drug-likeness (QED) is 0.241. The third kappa shape index (κ3) is 4.50. The lowest BCUT2D eigenvalue weighted by atomic mass is 10.2. The number of hydrogen-bond acceptors (Lipinski definition) is 4. The van der Waals surface area contributed by atoms with Gasteiger partial charge in [-0.05, 0) is 64.8 Å². The van der Waals surface area contributed by atoms with Gasteiger partial charge in [0.15, 0.2) is 0 Å². The number of aryl methyl sites for hydroxylation is 1. The molecule has 0 atom stereocenters. The Balaban J connectivity index is 1.43. The number of anilines is 1. The average molecular weight is 484 g/mol. The molecule has 3 aromatic carbocycles. The summed E-state index contributed by atoms with van der Waals surface area (Å²) in [5.74, 6) is 1.46. The number of aromatic nitrogens is 2. The minimum absolute atomic E-state index is 0.403. The zero-order valence-corrected chi connectivity index (χ0v) is 18.7. The Hall–Kier alpha value is -2.83. The second-order valence-electron chi connectivity index (χ2n) is 6.61. The van der Waals surface area contributed by atoms with Crippen molar-refractivity contribution in [2.24, 2.45) is 5.10 Å². The summed E-state index contributed by atoms with van der Waals surface area (Å²) < 4.78 is 8.83. The van der Waals surface area contributed by atoms with Gasteiger partial charge >= 0.3 is 0 Å². The van der Waals surface area contributed by atoms with Gasteiger partial charge in [-0.3, -0.25) is 0 Å². The molecule has 0 aliphatic heterocycles. The van der Waals surface area contributed by atoms with Crippen LogP contribution >= 0.6 is 27.5 Å². The molecule has 4 aromatic rings. The topological polar surface area (TPSA) is 51.4 Å². The number of hydrogen-bond donors (Lipinski definition) is 1. The lowest BCUT2D eigenvalue weighted by Gasteiger charge is -2.10. The number of para-hydroxylation sites is 2. The standard InChI is InChI=1S/C23H20BrClN4O/c1-2-29-21-10-6-5-9-20(21)27-23(29)28-26-14-16-11-12-22(18(24)13-16)30-15-17-7-3-4-8-19(17)25/h3-14H,2,15H2,1H3,(H,27,28)/b26-14-. The summed E-state index contributed by atoms with van der Waals surface area (Å²) in [4.78, 5) is 4.60. The number of nitrogens with one attached hydrogen (secondary N) is 1. The van der Waals surface area contributed by atoms with Gasteiger partial charge in [0.05, 0.1) is 21.7 Å². The largest absolute Gasteiger partial charge is 0.488 e. The van der Waals surface area contributed by atoms with Crippen LogP contribution in [0.3, 0.4) is 0 Å². The van der Waals surface area contributed by atoms with Crippen LogP contribution in [-0.4, -0.2) is 15.8 Å². The van der Waals surface area contributed by atoms with Crippen LogP contribution in [0.25, 0.3) is 11.0 Å². The Morgan fingerprint density at radius 2 is 1.93 bits per heavy atom. The predicted molar refractivity (Wildman–Crippen MR) is 127 cm³/mol. The first kappa shape index (κ1) is 20.4. The molecule has 0 fully saturated rings. The van der Waals surface area contributed by atoms with E-state index >= 15 is 0 Å². The molecule has 0 amide bonds. The molecule has 0 aliphatic carbocycles. The van der Waals surface area contributed by atoms with Crippen molar-refractivity contribution < 1.29 is 4.74 Å². The van der Waals surface area contributed by atoms with Crippen molar-refractivity contribution in [2.45, 2.75) is 20.1 Å². The summed E-state index contributed by atoms with van der Waals surface area (Å²) in [6.07, 6.45) is 1.75. The van der Waals surface area contributed by atoms with Crippen LogP contribution in [0, 0.1) is 0 Å². The van der Waals surface area contributed by atoms with Gasteiger partial charge in [0.25, 0.3) is 0 Å². The fourth-order valence-corrected chi connectivity index (χ4v) is 3.83. The Bertz CT molecular complexity index is 1210. The smallest absolute Gasteiger partial charge is 0.224 e. The SMILES string of the molecule is CCn1c(N/N=C\c2ccc(OCc3ccccc3Cl)c(Br)c2)nc2ccccc21. The highest BCUT2D eigenvalue weighted by atomic mass is 79.9. The van der Waals surface area contributed by atoms with E-state index in [0.717, 1.165) is 38.9 Å². The van der Waals surface area contributed by atoms with E-state index in [9.17, 15) is 0 Å². The molecule has 30 heavy (non-hydrogen) atoms. The Morgan fingerprint density at radius 1 is 1.13 bits per heavy atom. The summed E-state index contributed by atoms with van der Waals surface area (Å²) in [6.45, 7) is 3.29. The highest BCUT2D eigenvalue weighted by molar-refractivity contribution is 9.10. The van der Waals surface area contributed by atoms with Crippen LogP contribution in [0.5, 0.6) is 5.75 Å². The average Bonchev–Trinajstić information content (AvgIpc) is 3.11. The number of imidazole rings is 1. The molecule has 7 heteroatoms. The summed E-state index contributed by atoms with van der Waals surface area (Å²) in [5, 5.41) is 5.05. The fraction of sp³-hybridized carbons (Fsp3) is 0.130. The van der Waals surface area contributed by atoms with Gasteiger partial charge in [0.1, 0.15) is 12.4 Å². The van der Waals surface area contributed by atoms with Crippen molar-refractivity contribution in [3.8, 4) is 5.75 Å². The van der Waals surface area contributed by atoms with Crippen LogP contribution in [0.1, 0.15) is 18.1 Å². The molecule has 152 valence electrons. The molecular formula is C23H20BrClN4O. The number of ether oxygens (including phenoxy) is 1. The first-order valence-corrected chi connectivity index (χ1v) is 10.7. The van der Waals surface area contributed by atoms with Crippen molar-refractivity contribution in [1.82, 2.24) is 9.55 Å². The number of nitrogens with zero attached hydrogens (tertiary/aromatic N) is 3. The van der Waals surface area contributed by atoms with Gasteiger partial charge in [0.2, 0.25) is 5.95 Å². The van der Waals surface area contributed by atoms with E-state index in [2.05, 4.69) is 49.0 Å². The van der Waals surface area contributed by atoms with E-state index in [1.807, 2.05) is 60.7 Å². The molecule has 1 heterocycles. The van der Waals surface area contributed by atoms with Crippen LogP contribution in [-0.2, 0) is 13.2 Å². The molecule has 0 spiro atoms. The second kappa shape index (κ2) is 9.32. The van der Waals surface area contributed by atoms with E-state index in [0.29, 0.717) is 17.6 Å². The summed E-state index contributed by atoms with van der Waals surface area (Å²) in [7, 11) is 0. The van der Waals surface area contributed by atoms with Crippen LogP contribution in [0.4, 0.5) is 5.95 Å². The molecule has 0 aliphatic rings. The highest BCUT2D eigenvalue weighted by Crippen LogP contribution is 2.27. The van der Waals surface area contributed by atoms with E-state index in [1.165, 1.54) is 0 Å². The van der Waals surface area contributed by atoms with E-state index in [1.54, 1.807) is 6.21 Å². The number of fused-ring (bicyclic) bond motifs is 1. The van der Waals surface area contributed by atoms with Gasteiger partial charge in [0, 0.05) is 17.1 Å². The molecule has 1 aromatic heterocycles. The lowest BCUT2D eigenvalue weighted by Crippen LogP contribution is -2.02. The van der Waals surface area contributed by atoms with Gasteiger partial charge in [-0.1, -0.05) is 41.9 Å². The lowest BCUT2D eigenvalue weighted by molar-refractivity contribution is 0.304. The number of benzene rings is 3. The molecule has 0 unspecified atom stereocenters. The van der Waals surface area contributed by atoms with Gasteiger partial charge in [-0.15, -0.1) is 0 Å². The zero-order valence-electron chi connectivity index (χ0n) is 16.3. The second-order valence-corrected chi connectivity index (χ2v) is 7.87. The third-order valence-electron chi connectivity index (χ3n) is 4.65. The van der Waals surface area contributed by atoms with E-state index in [4.69, 9.17) is 16.3 Å². The summed E-state index contributed by atoms with van der Waals surface area (Å²) >= 11 is 9.75. The Morgan fingerprint density at radius 3 is 2.73 bits per heavy atom. The monoisotopic (exact) mass is 482 g/mol. The summed E-state index contributed by atoms with van der Waals surface area (Å²) in [6, 6.07) is 21.5. The van der Waals surface area contributed by atoms with E-state index < -0.39 is 0 Å². The number of rotatable bonds is 7. The molecule has 5 nitrogen and oxygen atoms in total. The molecule has 0 radical (unpaired) electrons. The maximum Gasteiger partial charge on any atom is 0.224 e. The van der Waals surface area contributed by atoms with Crippen molar-refractivity contribution in [2.75, 3.05) is 5.43 Å². The van der Waals surface area contributed by atoms with Gasteiger partial charge in [-0.25, -0.2) is 10.4 Å². The molecule has 0 bridgehead atoms. The first-order valence-electron chi connectivity index (χ1n) is 9.56. The van der Waals surface area contributed by atoms with Crippen molar-refractivity contribution in [1.29, 1.82) is 0 Å². The van der Waals surface area contributed by atoms with Crippen LogP contribution in [0.2, 0.25) is 5.02 Å². The van der Waals surface area contributed by atoms with Crippen LogP contribution < -0.4 is 10.2 Å². The van der Waals surface area contributed by atoms with Crippen LogP contribution in [0.15, 0.2) is 76.3 Å². The predicted octanol–water partition coefficient (Wildman–Crippen LogP) is 6.50.